The Hall–Kier alpha value is -1.02. The van der Waals surface area contributed by atoms with Crippen molar-refractivity contribution in [2.45, 2.75) is 38.5 Å². The number of benzene rings is 1. The van der Waals surface area contributed by atoms with E-state index in [0.29, 0.717) is 12.8 Å². The molecule has 0 heterocycles. The van der Waals surface area contributed by atoms with Crippen molar-refractivity contribution >= 4 is 17.6 Å². The summed E-state index contributed by atoms with van der Waals surface area (Å²) in [6.45, 7) is 4.06. The van der Waals surface area contributed by atoms with Crippen LogP contribution >= 0.6 is 11.6 Å². The SMILES string of the molecule is Cc1ccc(C)c(C(Cl)CCCC(=O)O)c1. The van der Waals surface area contributed by atoms with Crippen molar-refractivity contribution in [2.75, 3.05) is 0 Å². The second-order valence-electron chi connectivity index (χ2n) is 4.11. The van der Waals surface area contributed by atoms with E-state index in [0.717, 1.165) is 5.56 Å². The highest BCUT2D eigenvalue weighted by atomic mass is 35.5. The normalized spacial score (nSPS) is 12.4. The lowest BCUT2D eigenvalue weighted by molar-refractivity contribution is -0.137. The van der Waals surface area contributed by atoms with Gasteiger partial charge < -0.3 is 5.11 Å². The van der Waals surface area contributed by atoms with E-state index in [2.05, 4.69) is 18.2 Å². The van der Waals surface area contributed by atoms with Gasteiger partial charge in [-0.3, -0.25) is 4.79 Å². The highest BCUT2D eigenvalue weighted by Crippen LogP contribution is 2.29. The highest BCUT2D eigenvalue weighted by molar-refractivity contribution is 6.20. The molecule has 1 rings (SSSR count). The average Bonchev–Trinajstić information content (AvgIpc) is 2.21. The maximum absolute atomic E-state index is 10.4. The molecule has 3 heteroatoms. The summed E-state index contributed by atoms with van der Waals surface area (Å²) in [4.78, 5) is 10.4. The van der Waals surface area contributed by atoms with Crippen LogP contribution in [0.15, 0.2) is 18.2 Å². The molecule has 0 spiro atoms. The van der Waals surface area contributed by atoms with Gasteiger partial charge in [0.15, 0.2) is 0 Å². The third-order valence-electron chi connectivity index (χ3n) is 2.62. The Morgan fingerprint density at radius 1 is 1.44 bits per heavy atom. The number of hydrogen-bond acceptors (Lipinski definition) is 1. The Bertz CT molecular complexity index is 374. The molecule has 16 heavy (non-hydrogen) atoms. The van der Waals surface area contributed by atoms with Gasteiger partial charge in [-0.25, -0.2) is 0 Å². The van der Waals surface area contributed by atoms with E-state index in [1.807, 2.05) is 13.8 Å². The quantitative estimate of drug-likeness (QED) is 0.794. The van der Waals surface area contributed by atoms with Crippen molar-refractivity contribution in [3.8, 4) is 0 Å². The number of aliphatic carboxylic acids is 1. The molecule has 0 aliphatic carbocycles. The zero-order valence-corrected chi connectivity index (χ0v) is 10.4. The van der Waals surface area contributed by atoms with Gasteiger partial charge in [-0.05, 0) is 37.8 Å². The van der Waals surface area contributed by atoms with E-state index in [4.69, 9.17) is 16.7 Å². The number of rotatable bonds is 5. The Morgan fingerprint density at radius 3 is 2.75 bits per heavy atom. The minimum Gasteiger partial charge on any atom is -0.481 e. The van der Waals surface area contributed by atoms with Crippen molar-refractivity contribution < 1.29 is 9.90 Å². The molecule has 0 fully saturated rings. The van der Waals surface area contributed by atoms with Crippen molar-refractivity contribution in [3.05, 3.63) is 34.9 Å². The first kappa shape index (κ1) is 13.0. The zero-order valence-electron chi connectivity index (χ0n) is 9.66. The molecule has 0 amide bonds. The molecule has 2 nitrogen and oxygen atoms in total. The van der Waals surface area contributed by atoms with Crippen LogP contribution in [0, 0.1) is 13.8 Å². The van der Waals surface area contributed by atoms with Crippen LogP contribution in [-0.4, -0.2) is 11.1 Å². The average molecular weight is 241 g/mol. The van der Waals surface area contributed by atoms with Crippen molar-refractivity contribution in [3.63, 3.8) is 0 Å². The van der Waals surface area contributed by atoms with Gasteiger partial charge in [0, 0.05) is 6.42 Å². The van der Waals surface area contributed by atoms with Crippen LogP contribution in [0.2, 0.25) is 0 Å². The second kappa shape index (κ2) is 5.90. The number of halogens is 1. The fourth-order valence-electron chi connectivity index (χ4n) is 1.69. The maximum atomic E-state index is 10.4. The molecule has 1 N–H and O–H groups in total. The van der Waals surface area contributed by atoms with Gasteiger partial charge in [-0.1, -0.05) is 23.8 Å². The van der Waals surface area contributed by atoms with Crippen LogP contribution < -0.4 is 0 Å². The summed E-state index contributed by atoms with van der Waals surface area (Å²) in [5.74, 6) is -0.759. The Morgan fingerprint density at radius 2 is 2.12 bits per heavy atom. The number of aryl methyl sites for hydroxylation is 2. The van der Waals surface area contributed by atoms with Gasteiger partial charge >= 0.3 is 5.97 Å². The van der Waals surface area contributed by atoms with Crippen molar-refractivity contribution in [1.82, 2.24) is 0 Å². The predicted molar refractivity (Wildman–Crippen MR) is 66.0 cm³/mol. The fraction of sp³-hybridized carbons (Fsp3) is 0.462. The number of carboxylic acids is 1. The second-order valence-corrected chi connectivity index (χ2v) is 4.64. The molecule has 0 aromatic heterocycles. The molecule has 0 aliphatic rings. The Balaban J connectivity index is 2.61. The van der Waals surface area contributed by atoms with Crippen LogP contribution in [0.3, 0.4) is 0 Å². The molecule has 1 aromatic carbocycles. The van der Waals surface area contributed by atoms with Crippen LogP contribution in [-0.2, 0) is 4.79 Å². The van der Waals surface area contributed by atoms with Crippen LogP contribution in [0.1, 0.15) is 41.3 Å². The fourth-order valence-corrected chi connectivity index (χ4v) is 2.07. The summed E-state index contributed by atoms with van der Waals surface area (Å²) in [5, 5.41) is 8.47. The Labute approximate surface area is 101 Å². The summed E-state index contributed by atoms with van der Waals surface area (Å²) in [5.41, 5.74) is 3.47. The lowest BCUT2D eigenvalue weighted by Gasteiger charge is -2.13. The molecule has 1 aromatic rings. The monoisotopic (exact) mass is 240 g/mol. The number of hydrogen-bond donors (Lipinski definition) is 1. The van der Waals surface area contributed by atoms with Gasteiger partial charge in [-0.15, -0.1) is 11.6 Å². The molecular formula is C13H17ClO2. The van der Waals surface area contributed by atoms with E-state index in [-0.39, 0.29) is 11.8 Å². The number of alkyl halides is 1. The summed E-state index contributed by atoms with van der Waals surface area (Å²) in [6, 6.07) is 6.19. The summed E-state index contributed by atoms with van der Waals surface area (Å²) < 4.78 is 0. The number of carboxylic acid groups (broad SMARTS) is 1. The molecule has 1 unspecified atom stereocenters. The van der Waals surface area contributed by atoms with Gasteiger partial charge in [-0.2, -0.15) is 0 Å². The van der Waals surface area contributed by atoms with E-state index < -0.39 is 5.97 Å². The number of carbonyl (C=O) groups is 1. The van der Waals surface area contributed by atoms with E-state index in [1.54, 1.807) is 0 Å². The minimum atomic E-state index is -0.759. The lowest BCUT2D eigenvalue weighted by Crippen LogP contribution is -1.98. The minimum absolute atomic E-state index is 0.0840. The van der Waals surface area contributed by atoms with Gasteiger partial charge in [0.1, 0.15) is 0 Å². The third kappa shape index (κ3) is 3.86. The smallest absolute Gasteiger partial charge is 0.303 e. The van der Waals surface area contributed by atoms with E-state index in [1.165, 1.54) is 11.1 Å². The molecule has 0 aliphatic heterocycles. The largest absolute Gasteiger partial charge is 0.481 e. The topological polar surface area (TPSA) is 37.3 Å². The van der Waals surface area contributed by atoms with Gasteiger partial charge in [0.05, 0.1) is 5.38 Å². The van der Waals surface area contributed by atoms with E-state index >= 15 is 0 Å². The van der Waals surface area contributed by atoms with Crippen LogP contribution in [0.25, 0.3) is 0 Å². The summed E-state index contributed by atoms with van der Waals surface area (Å²) in [7, 11) is 0. The van der Waals surface area contributed by atoms with Crippen molar-refractivity contribution in [2.24, 2.45) is 0 Å². The highest BCUT2D eigenvalue weighted by Gasteiger charge is 2.11. The molecule has 0 radical (unpaired) electrons. The van der Waals surface area contributed by atoms with Gasteiger partial charge in [0.2, 0.25) is 0 Å². The molecule has 0 saturated heterocycles. The molecular weight excluding hydrogens is 224 g/mol. The molecule has 0 bridgehead atoms. The van der Waals surface area contributed by atoms with Crippen molar-refractivity contribution in [1.29, 1.82) is 0 Å². The first-order valence-corrected chi connectivity index (χ1v) is 5.87. The molecule has 0 saturated carbocycles. The van der Waals surface area contributed by atoms with Gasteiger partial charge in [0.25, 0.3) is 0 Å². The lowest BCUT2D eigenvalue weighted by atomic mass is 9.99. The third-order valence-corrected chi connectivity index (χ3v) is 3.07. The van der Waals surface area contributed by atoms with Crippen LogP contribution in [0.4, 0.5) is 0 Å². The zero-order chi connectivity index (χ0) is 12.1. The van der Waals surface area contributed by atoms with Crippen LogP contribution in [0.5, 0.6) is 0 Å². The maximum Gasteiger partial charge on any atom is 0.303 e. The van der Waals surface area contributed by atoms with E-state index in [9.17, 15) is 4.79 Å². The molecule has 1 atom stereocenters. The summed E-state index contributed by atoms with van der Waals surface area (Å²) in [6.07, 6.45) is 1.52. The summed E-state index contributed by atoms with van der Waals surface area (Å²) >= 11 is 6.27. The first-order valence-electron chi connectivity index (χ1n) is 5.43. The molecule has 88 valence electrons. The standard InChI is InChI=1S/C13H17ClO2/c1-9-6-7-10(2)11(8-9)12(14)4-3-5-13(15)16/h6-8,12H,3-5H2,1-2H3,(H,15,16). The predicted octanol–water partition coefficient (Wildman–Crippen LogP) is 3.84. The first-order chi connectivity index (χ1) is 7.50. The Kier molecular flexibility index (Phi) is 4.81.